The third kappa shape index (κ3) is 3.49. The van der Waals surface area contributed by atoms with Crippen LogP contribution in [0.4, 0.5) is 0 Å². The minimum atomic E-state index is -0.174. The van der Waals surface area contributed by atoms with E-state index in [1.165, 1.54) is 51.4 Å². The van der Waals surface area contributed by atoms with E-state index in [2.05, 4.69) is 60.6 Å². The molecule has 0 amide bonds. The van der Waals surface area contributed by atoms with Crippen LogP contribution in [0.15, 0.2) is 12.2 Å². The molecule has 5 rings (SSSR count). The molecule has 0 aromatic heterocycles. The first-order valence-electron chi connectivity index (χ1n) is 15.1. The fourth-order valence-electron chi connectivity index (χ4n) is 11.5. The quantitative estimate of drug-likeness (QED) is 0.272. The summed E-state index contributed by atoms with van der Waals surface area (Å²) in [5.74, 6) is 3.02. The van der Waals surface area contributed by atoms with Gasteiger partial charge in [-0.25, -0.2) is 0 Å². The summed E-state index contributed by atoms with van der Waals surface area (Å²) in [6, 6.07) is 0. The van der Waals surface area contributed by atoms with Crippen LogP contribution in [0.2, 0.25) is 0 Å². The number of esters is 1. The van der Waals surface area contributed by atoms with Crippen molar-refractivity contribution in [2.75, 3.05) is 7.11 Å². The molecule has 0 saturated heterocycles. The molecule has 5 saturated carbocycles. The number of rotatable bonds is 6. The zero-order valence-corrected chi connectivity index (χ0v) is 24.8. The van der Waals surface area contributed by atoms with Crippen LogP contribution in [0, 0.1) is 50.7 Å². The van der Waals surface area contributed by atoms with Gasteiger partial charge >= 0.3 is 5.97 Å². The topological polar surface area (TPSA) is 35.5 Å². The lowest BCUT2D eigenvalue weighted by Crippen LogP contribution is -2.58. The molecule has 2 spiro atoms. The van der Waals surface area contributed by atoms with E-state index in [4.69, 9.17) is 9.47 Å². The van der Waals surface area contributed by atoms with E-state index in [1.807, 2.05) is 0 Å². The minimum Gasteiger partial charge on any atom is -0.462 e. The summed E-state index contributed by atoms with van der Waals surface area (Å²) in [7, 11) is 1.80. The Hall–Kier alpha value is -0.830. The van der Waals surface area contributed by atoms with Crippen LogP contribution in [-0.4, -0.2) is 24.8 Å². The molecule has 5 aliphatic carbocycles. The minimum absolute atomic E-state index is 0.0923. The van der Waals surface area contributed by atoms with Crippen LogP contribution in [-0.2, 0) is 14.3 Å². The first-order chi connectivity index (χ1) is 16.7. The number of fused-ring (bicyclic) bond motifs is 2. The van der Waals surface area contributed by atoms with E-state index in [0.29, 0.717) is 27.6 Å². The van der Waals surface area contributed by atoms with Crippen molar-refractivity contribution in [3.63, 3.8) is 0 Å². The highest BCUT2D eigenvalue weighted by molar-refractivity contribution is 5.66. The molecule has 36 heavy (non-hydrogen) atoms. The molecule has 0 radical (unpaired) electrons. The fourth-order valence-corrected chi connectivity index (χ4v) is 11.5. The Morgan fingerprint density at radius 3 is 2.28 bits per heavy atom. The number of carbonyl (C=O) groups excluding carboxylic acids is 1. The monoisotopic (exact) mass is 498 g/mol. The maximum absolute atomic E-state index is 11.9. The van der Waals surface area contributed by atoms with Crippen molar-refractivity contribution in [2.24, 2.45) is 50.7 Å². The van der Waals surface area contributed by atoms with Gasteiger partial charge in [0, 0.05) is 19.4 Å². The summed E-state index contributed by atoms with van der Waals surface area (Å²) >= 11 is 0. The van der Waals surface area contributed by atoms with Gasteiger partial charge in [-0.15, -0.1) is 0 Å². The number of hydrogen-bond acceptors (Lipinski definition) is 3. The number of methoxy groups -OCH3 is 1. The summed E-state index contributed by atoms with van der Waals surface area (Å²) in [5.41, 5.74) is 1.90. The smallest absolute Gasteiger partial charge is 0.302 e. The second-order valence-electron chi connectivity index (χ2n) is 15.5. The maximum atomic E-state index is 11.9. The van der Waals surface area contributed by atoms with Crippen LogP contribution in [0.1, 0.15) is 120 Å². The molecule has 5 aliphatic rings. The van der Waals surface area contributed by atoms with E-state index < -0.39 is 0 Å². The lowest BCUT2D eigenvalue weighted by atomic mass is 9.41. The molecule has 3 heteroatoms. The van der Waals surface area contributed by atoms with Crippen molar-refractivity contribution in [1.82, 2.24) is 0 Å². The summed E-state index contributed by atoms with van der Waals surface area (Å²) in [6.45, 7) is 18.6. The van der Waals surface area contributed by atoms with E-state index in [1.54, 1.807) is 14.0 Å². The number of hydrogen-bond donors (Lipinski definition) is 0. The first kappa shape index (κ1) is 26.8. The molecule has 9 atom stereocenters. The third-order valence-electron chi connectivity index (χ3n) is 13.7. The molecule has 0 bridgehead atoms. The molecule has 3 nitrogen and oxygen atoms in total. The van der Waals surface area contributed by atoms with Crippen LogP contribution < -0.4 is 0 Å². The van der Waals surface area contributed by atoms with Crippen molar-refractivity contribution in [2.45, 2.75) is 131 Å². The Bertz CT molecular complexity index is 918. The van der Waals surface area contributed by atoms with Crippen molar-refractivity contribution in [3.05, 3.63) is 12.2 Å². The Labute approximate surface area is 221 Å². The van der Waals surface area contributed by atoms with Crippen LogP contribution in [0.25, 0.3) is 0 Å². The Morgan fingerprint density at radius 1 is 0.944 bits per heavy atom. The summed E-state index contributed by atoms with van der Waals surface area (Å²) in [4.78, 5) is 11.9. The average Bonchev–Trinajstić information content (AvgIpc) is 3.37. The van der Waals surface area contributed by atoms with Gasteiger partial charge < -0.3 is 9.47 Å². The second kappa shape index (κ2) is 8.33. The Kier molecular flexibility index (Phi) is 6.19. The average molecular weight is 499 g/mol. The molecular weight excluding hydrogens is 444 g/mol. The van der Waals surface area contributed by atoms with Gasteiger partial charge in [0.05, 0.1) is 5.60 Å². The predicted molar refractivity (Wildman–Crippen MR) is 146 cm³/mol. The van der Waals surface area contributed by atoms with Gasteiger partial charge in [0.15, 0.2) is 0 Å². The third-order valence-corrected chi connectivity index (χ3v) is 13.7. The zero-order valence-electron chi connectivity index (χ0n) is 24.8. The van der Waals surface area contributed by atoms with Crippen molar-refractivity contribution >= 4 is 5.97 Å². The lowest BCUT2D eigenvalue weighted by molar-refractivity contribution is -0.181. The van der Waals surface area contributed by atoms with Crippen molar-refractivity contribution in [3.8, 4) is 0 Å². The molecule has 0 aromatic rings. The zero-order chi connectivity index (χ0) is 26.4. The van der Waals surface area contributed by atoms with E-state index in [0.717, 1.165) is 30.6 Å². The van der Waals surface area contributed by atoms with E-state index >= 15 is 0 Å². The fraction of sp³-hybridized carbons (Fsp3) is 0.909. The van der Waals surface area contributed by atoms with Gasteiger partial charge in [-0.2, -0.15) is 0 Å². The molecule has 5 fully saturated rings. The normalized spacial score (nSPS) is 47.9. The Morgan fingerprint density at radius 2 is 1.61 bits per heavy atom. The van der Waals surface area contributed by atoms with Crippen LogP contribution in [0.5, 0.6) is 0 Å². The number of ether oxygens (including phenoxy) is 2. The van der Waals surface area contributed by atoms with Gasteiger partial charge in [0.2, 0.25) is 0 Å². The summed E-state index contributed by atoms with van der Waals surface area (Å²) in [5, 5.41) is 0. The molecular formula is C33H54O3. The van der Waals surface area contributed by atoms with Gasteiger partial charge in [-0.3, -0.25) is 4.79 Å². The number of carbonyl (C=O) groups is 1. The van der Waals surface area contributed by atoms with Gasteiger partial charge in [-0.05, 0) is 123 Å². The van der Waals surface area contributed by atoms with Gasteiger partial charge in [0.25, 0.3) is 0 Å². The molecule has 0 aromatic carbocycles. The molecule has 0 N–H and O–H groups in total. The summed E-state index contributed by atoms with van der Waals surface area (Å²) < 4.78 is 11.5. The highest BCUT2D eigenvalue weighted by atomic mass is 16.5. The van der Waals surface area contributed by atoms with Crippen LogP contribution in [0.3, 0.4) is 0 Å². The molecule has 0 heterocycles. The maximum Gasteiger partial charge on any atom is 0.302 e. The molecule has 204 valence electrons. The van der Waals surface area contributed by atoms with Gasteiger partial charge in [-0.1, -0.05) is 46.8 Å². The lowest BCUT2D eigenvalue weighted by Gasteiger charge is -2.63. The summed E-state index contributed by atoms with van der Waals surface area (Å²) in [6.07, 6.45) is 18.1. The molecule has 9 unspecified atom stereocenters. The molecule has 0 aliphatic heterocycles. The highest BCUT2D eigenvalue weighted by Crippen LogP contribution is 2.89. The van der Waals surface area contributed by atoms with E-state index in [-0.39, 0.29) is 23.1 Å². The SMILES string of the molecule is COC(C)(C)C=CCC(C)C1CCC2(C)C3CCC4C(C)(C)C(OC(C)=O)CCC45CC35CCC12C. The van der Waals surface area contributed by atoms with Crippen LogP contribution >= 0.6 is 0 Å². The predicted octanol–water partition coefficient (Wildman–Crippen LogP) is 8.36. The van der Waals surface area contributed by atoms with Gasteiger partial charge in [0.1, 0.15) is 6.10 Å². The highest BCUT2D eigenvalue weighted by Gasteiger charge is 2.82. The van der Waals surface area contributed by atoms with E-state index in [9.17, 15) is 4.79 Å². The standard InChI is InChI=1S/C33H54O3/c1-22(11-10-16-28(3,4)35-9)24-14-17-31(8)26-13-12-25-29(5,6)27(36-23(2)34)15-18-32(25)21-33(26,32)20-19-30(24,31)7/h10,16,22,24-27H,11-15,17-21H2,1-9H3. The first-order valence-corrected chi connectivity index (χ1v) is 15.1. The van der Waals surface area contributed by atoms with Crippen molar-refractivity contribution < 1.29 is 14.3 Å². The Balaban J connectivity index is 1.36. The number of allylic oxidation sites excluding steroid dienone is 1. The van der Waals surface area contributed by atoms with Crippen molar-refractivity contribution in [1.29, 1.82) is 0 Å². The largest absolute Gasteiger partial charge is 0.462 e. The second-order valence-corrected chi connectivity index (χ2v) is 15.5.